The number of carboxylic acid groups (broad SMARTS) is 1. The Morgan fingerprint density at radius 3 is 3.00 bits per heavy atom. The van der Waals surface area contributed by atoms with Gasteiger partial charge in [-0.15, -0.1) is 11.3 Å². The summed E-state index contributed by atoms with van der Waals surface area (Å²) in [6.45, 7) is 0. The smallest absolute Gasteiger partial charge is 0.354 e. The zero-order valence-electron chi connectivity index (χ0n) is 8.57. The van der Waals surface area contributed by atoms with Gasteiger partial charge in [0.25, 0.3) is 0 Å². The van der Waals surface area contributed by atoms with Crippen LogP contribution < -0.4 is 0 Å². The van der Waals surface area contributed by atoms with E-state index >= 15 is 0 Å². The van der Waals surface area contributed by atoms with Crippen LogP contribution in [0, 0.1) is 0 Å². The number of carboxylic acids is 1. The quantitative estimate of drug-likeness (QED) is 0.751. The largest absolute Gasteiger partial charge is 0.477 e. The van der Waals surface area contributed by atoms with Crippen LogP contribution in [0.3, 0.4) is 0 Å². The predicted octanol–water partition coefficient (Wildman–Crippen LogP) is 2.16. The molecule has 17 heavy (non-hydrogen) atoms. The summed E-state index contributed by atoms with van der Waals surface area (Å²) < 4.78 is 1.54. The Labute approximate surface area is 100 Å². The highest BCUT2D eigenvalue weighted by atomic mass is 32.1. The third-order valence-electron chi connectivity index (χ3n) is 2.46. The number of thiazole rings is 1. The van der Waals surface area contributed by atoms with Crippen LogP contribution in [0.4, 0.5) is 0 Å². The van der Waals surface area contributed by atoms with Crippen LogP contribution in [0.2, 0.25) is 0 Å². The fourth-order valence-corrected chi connectivity index (χ4v) is 2.21. The Kier molecular flexibility index (Phi) is 2.15. The molecule has 0 atom stereocenters. The second-order valence-electron chi connectivity index (χ2n) is 3.47. The molecule has 0 spiro atoms. The third kappa shape index (κ3) is 1.58. The van der Waals surface area contributed by atoms with Gasteiger partial charge in [0.1, 0.15) is 5.65 Å². The van der Waals surface area contributed by atoms with Crippen LogP contribution in [0.5, 0.6) is 0 Å². The molecule has 0 aromatic carbocycles. The highest BCUT2D eigenvalue weighted by molar-refractivity contribution is 7.07. The predicted molar refractivity (Wildman–Crippen MR) is 63.3 cm³/mol. The first-order valence-corrected chi connectivity index (χ1v) is 5.79. The van der Waals surface area contributed by atoms with Gasteiger partial charge in [0.05, 0.1) is 17.4 Å². The molecule has 84 valence electrons. The summed E-state index contributed by atoms with van der Waals surface area (Å²) in [7, 11) is 0. The summed E-state index contributed by atoms with van der Waals surface area (Å²) in [5.41, 5.74) is 4.32. The Morgan fingerprint density at radius 2 is 2.29 bits per heavy atom. The number of aromatic carboxylic acids is 1. The van der Waals surface area contributed by atoms with Crippen LogP contribution >= 0.6 is 11.3 Å². The minimum absolute atomic E-state index is 0.157. The summed E-state index contributed by atoms with van der Waals surface area (Å²) in [6, 6.07) is 3.65. The molecule has 0 aliphatic heterocycles. The van der Waals surface area contributed by atoms with E-state index in [0.29, 0.717) is 5.65 Å². The molecule has 3 rings (SSSR count). The Hall–Kier alpha value is -2.21. The van der Waals surface area contributed by atoms with E-state index in [1.807, 2.05) is 17.5 Å². The van der Waals surface area contributed by atoms with Gasteiger partial charge in [-0.3, -0.25) is 4.40 Å². The summed E-state index contributed by atoms with van der Waals surface area (Å²) in [4.78, 5) is 19.2. The summed E-state index contributed by atoms with van der Waals surface area (Å²) in [5.74, 6) is -0.987. The minimum Gasteiger partial charge on any atom is -0.477 e. The number of fused-ring (bicyclic) bond motifs is 1. The van der Waals surface area contributed by atoms with E-state index in [-0.39, 0.29) is 5.69 Å². The summed E-state index contributed by atoms with van der Waals surface area (Å²) in [6.07, 6.45) is 3.04. The van der Waals surface area contributed by atoms with E-state index in [0.717, 1.165) is 11.3 Å². The molecule has 0 aliphatic carbocycles. The zero-order valence-corrected chi connectivity index (χ0v) is 9.39. The molecule has 0 amide bonds. The summed E-state index contributed by atoms with van der Waals surface area (Å²) in [5, 5.41) is 10.9. The fraction of sp³-hybridized carbons (Fsp3) is 0. The van der Waals surface area contributed by atoms with Gasteiger partial charge in [0, 0.05) is 17.1 Å². The van der Waals surface area contributed by atoms with Gasteiger partial charge in [0.2, 0.25) is 0 Å². The number of hydrogen-bond donors (Lipinski definition) is 1. The molecule has 0 bridgehead atoms. The first kappa shape index (κ1) is 9.98. The zero-order chi connectivity index (χ0) is 11.8. The van der Waals surface area contributed by atoms with Gasteiger partial charge in [-0.1, -0.05) is 0 Å². The standard InChI is InChI=1S/C11H7N3O2S/c15-11(16)9-4-12-10-3-7(1-2-14(9)10)8-5-17-6-13-8/h1-6H,(H,15,16). The maximum absolute atomic E-state index is 10.9. The second-order valence-corrected chi connectivity index (χ2v) is 4.18. The normalized spacial score (nSPS) is 10.8. The van der Waals surface area contributed by atoms with Crippen LogP contribution in [0.25, 0.3) is 16.9 Å². The van der Waals surface area contributed by atoms with E-state index in [2.05, 4.69) is 9.97 Å². The number of carbonyl (C=O) groups is 1. The Balaban J connectivity index is 2.18. The molecule has 3 aromatic rings. The minimum atomic E-state index is -0.987. The van der Waals surface area contributed by atoms with Crippen molar-refractivity contribution in [3.8, 4) is 11.3 Å². The van der Waals surface area contributed by atoms with Crippen LogP contribution in [-0.2, 0) is 0 Å². The fourth-order valence-electron chi connectivity index (χ4n) is 1.65. The lowest BCUT2D eigenvalue weighted by molar-refractivity contribution is 0.0689. The highest BCUT2D eigenvalue weighted by Gasteiger charge is 2.10. The number of rotatable bonds is 2. The van der Waals surface area contributed by atoms with Crippen molar-refractivity contribution >= 4 is 23.0 Å². The number of imidazole rings is 1. The molecule has 5 nitrogen and oxygen atoms in total. The molecule has 0 fully saturated rings. The van der Waals surface area contributed by atoms with E-state index < -0.39 is 5.97 Å². The maximum atomic E-state index is 10.9. The molecule has 0 unspecified atom stereocenters. The Morgan fingerprint density at radius 1 is 1.41 bits per heavy atom. The molecule has 6 heteroatoms. The van der Waals surface area contributed by atoms with Crippen molar-refractivity contribution in [3.05, 3.63) is 41.1 Å². The van der Waals surface area contributed by atoms with E-state index in [9.17, 15) is 4.79 Å². The van der Waals surface area contributed by atoms with Crippen molar-refractivity contribution < 1.29 is 9.90 Å². The lowest BCUT2D eigenvalue weighted by atomic mass is 10.2. The van der Waals surface area contributed by atoms with Gasteiger partial charge in [-0.05, 0) is 12.1 Å². The van der Waals surface area contributed by atoms with Gasteiger partial charge in [0.15, 0.2) is 5.69 Å². The maximum Gasteiger partial charge on any atom is 0.354 e. The number of aromatic nitrogens is 3. The second kappa shape index (κ2) is 3.67. The van der Waals surface area contributed by atoms with Crippen molar-refractivity contribution in [2.75, 3.05) is 0 Å². The average molecular weight is 245 g/mol. The third-order valence-corrected chi connectivity index (χ3v) is 3.05. The van der Waals surface area contributed by atoms with Crippen LogP contribution in [0.15, 0.2) is 35.4 Å². The molecule has 0 saturated heterocycles. The van der Waals surface area contributed by atoms with Gasteiger partial charge in [-0.25, -0.2) is 14.8 Å². The SMILES string of the molecule is O=C(O)c1cnc2cc(-c3cscn3)ccn12. The van der Waals surface area contributed by atoms with Gasteiger partial charge in [-0.2, -0.15) is 0 Å². The van der Waals surface area contributed by atoms with Crippen molar-refractivity contribution in [3.63, 3.8) is 0 Å². The number of pyridine rings is 1. The molecule has 3 heterocycles. The first-order valence-electron chi connectivity index (χ1n) is 4.84. The van der Waals surface area contributed by atoms with Gasteiger partial charge < -0.3 is 5.11 Å². The lowest BCUT2D eigenvalue weighted by Crippen LogP contribution is -2.00. The van der Waals surface area contributed by atoms with Crippen molar-refractivity contribution in [1.29, 1.82) is 0 Å². The molecule has 0 aliphatic rings. The van der Waals surface area contributed by atoms with Crippen LogP contribution in [0.1, 0.15) is 10.5 Å². The lowest BCUT2D eigenvalue weighted by Gasteiger charge is -1.99. The molecule has 0 saturated carbocycles. The molecule has 0 radical (unpaired) electrons. The number of nitrogens with zero attached hydrogens (tertiary/aromatic N) is 3. The van der Waals surface area contributed by atoms with Gasteiger partial charge >= 0.3 is 5.97 Å². The summed E-state index contributed by atoms with van der Waals surface area (Å²) >= 11 is 1.52. The first-order chi connectivity index (χ1) is 8.25. The average Bonchev–Trinajstić information content (AvgIpc) is 2.97. The van der Waals surface area contributed by atoms with Crippen molar-refractivity contribution in [2.45, 2.75) is 0 Å². The monoisotopic (exact) mass is 245 g/mol. The molecular weight excluding hydrogens is 238 g/mol. The van der Waals surface area contributed by atoms with E-state index in [1.54, 1.807) is 11.7 Å². The molecule has 1 N–H and O–H groups in total. The topological polar surface area (TPSA) is 67.5 Å². The van der Waals surface area contributed by atoms with Crippen LogP contribution in [-0.4, -0.2) is 25.4 Å². The van der Waals surface area contributed by atoms with E-state index in [4.69, 9.17) is 5.11 Å². The Bertz CT molecular complexity index is 688. The highest BCUT2D eigenvalue weighted by Crippen LogP contribution is 2.20. The van der Waals surface area contributed by atoms with Crippen molar-refractivity contribution in [2.24, 2.45) is 0 Å². The van der Waals surface area contributed by atoms with E-state index in [1.165, 1.54) is 21.9 Å². The number of hydrogen-bond acceptors (Lipinski definition) is 4. The molecular formula is C11H7N3O2S. The molecule has 3 aromatic heterocycles. The van der Waals surface area contributed by atoms with Crippen molar-refractivity contribution in [1.82, 2.24) is 14.4 Å².